The largest absolute Gasteiger partial charge is 0.389 e. The number of hydrogen-bond acceptors (Lipinski definition) is 2. The second kappa shape index (κ2) is 5.27. The Labute approximate surface area is 108 Å². The molecule has 0 bridgehead atoms. The van der Waals surface area contributed by atoms with Crippen molar-refractivity contribution in [1.82, 2.24) is 0 Å². The third-order valence-electron chi connectivity index (χ3n) is 3.65. The van der Waals surface area contributed by atoms with E-state index in [4.69, 9.17) is 0 Å². The van der Waals surface area contributed by atoms with Gasteiger partial charge in [0.1, 0.15) is 5.82 Å². The first-order chi connectivity index (χ1) is 8.47. The second-order valence-corrected chi connectivity index (χ2v) is 5.73. The van der Waals surface area contributed by atoms with Crippen LogP contribution in [0.5, 0.6) is 0 Å². The first-order valence-corrected chi connectivity index (χ1v) is 6.69. The molecule has 1 heterocycles. The van der Waals surface area contributed by atoms with Crippen molar-refractivity contribution < 1.29 is 9.50 Å². The van der Waals surface area contributed by atoms with Gasteiger partial charge in [0.15, 0.2) is 0 Å². The van der Waals surface area contributed by atoms with Crippen molar-refractivity contribution in [3.63, 3.8) is 0 Å². The Morgan fingerprint density at radius 2 is 1.89 bits per heavy atom. The Balaban J connectivity index is 2.32. The van der Waals surface area contributed by atoms with E-state index in [0.29, 0.717) is 17.4 Å². The van der Waals surface area contributed by atoms with Gasteiger partial charge in [-0.25, -0.2) is 4.39 Å². The smallest absolute Gasteiger partial charge is 0.123 e. The van der Waals surface area contributed by atoms with Gasteiger partial charge < -0.3 is 10.0 Å². The summed E-state index contributed by atoms with van der Waals surface area (Å²) in [7, 11) is 0. The quantitative estimate of drug-likeness (QED) is 0.871. The van der Waals surface area contributed by atoms with Gasteiger partial charge in [0.2, 0.25) is 0 Å². The predicted molar refractivity (Wildman–Crippen MR) is 72.2 cm³/mol. The molecular formula is C15H22FNO. The zero-order valence-electron chi connectivity index (χ0n) is 11.4. The highest BCUT2D eigenvalue weighted by atomic mass is 19.1. The average Bonchev–Trinajstić information content (AvgIpc) is 2.27. The van der Waals surface area contributed by atoms with Crippen LogP contribution in [0.4, 0.5) is 10.1 Å². The van der Waals surface area contributed by atoms with Crippen molar-refractivity contribution in [3.05, 3.63) is 29.6 Å². The monoisotopic (exact) mass is 251 g/mol. The second-order valence-electron chi connectivity index (χ2n) is 5.73. The average molecular weight is 251 g/mol. The fourth-order valence-corrected chi connectivity index (χ4v) is 3.01. The van der Waals surface area contributed by atoms with Crippen LogP contribution in [0.3, 0.4) is 0 Å². The highest BCUT2D eigenvalue weighted by molar-refractivity contribution is 5.55. The molecule has 1 saturated heterocycles. The lowest BCUT2D eigenvalue weighted by molar-refractivity contribution is 0.198. The van der Waals surface area contributed by atoms with Gasteiger partial charge in [0, 0.05) is 24.3 Å². The van der Waals surface area contributed by atoms with Crippen LogP contribution in [-0.4, -0.2) is 18.2 Å². The van der Waals surface area contributed by atoms with Gasteiger partial charge in [0.25, 0.3) is 0 Å². The van der Waals surface area contributed by atoms with Crippen LogP contribution in [0.1, 0.15) is 38.9 Å². The molecule has 1 aliphatic heterocycles. The summed E-state index contributed by atoms with van der Waals surface area (Å²) in [4.78, 5) is 2.28. The molecule has 0 spiro atoms. The van der Waals surface area contributed by atoms with E-state index >= 15 is 0 Å². The summed E-state index contributed by atoms with van der Waals surface area (Å²) in [5, 5.41) is 9.80. The Bertz CT molecular complexity index is 409. The predicted octanol–water partition coefficient (Wildman–Crippen LogP) is 3.36. The SMILES string of the molecule is CC1CC(C)CN(c2ccc(F)cc2[C@@H](C)O)C1. The van der Waals surface area contributed by atoms with Crippen LogP contribution in [0, 0.1) is 17.7 Å². The molecule has 1 aliphatic rings. The molecule has 1 fully saturated rings. The standard InChI is InChI=1S/C15H22FNO/c1-10-6-11(2)9-17(8-10)15-5-4-13(16)7-14(15)12(3)18/h4-5,7,10-12,18H,6,8-9H2,1-3H3/t10?,11?,12-/m1/s1. The normalized spacial score (nSPS) is 26.2. The first-order valence-electron chi connectivity index (χ1n) is 6.69. The van der Waals surface area contributed by atoms with E-state index < -0.39 is 6.10 Å². The van der Waals surface area contributed by atoms with Gasteiger partial charge >= 0.3 is 0 Å². The van der Waals surface area contributed by atoms with Crippen LogP contribution >= 0.6 is 0 Å². The maximum Gasteiger partial charge on any atom is 0.123 e. The highest BCUT2D eigenvalue weighted by Gasteiger charge is 2.24. The summed E-state index contributed by atoms with van der Waals surface area (Å²) in [6, 6.07) is 4.72. The summed E-state index contributed by atoms with van der Waals surface area (Å²) in [6.45, 7) is 8.14. The Morgan fingerprint density at radius 3 is 2.44 bits per heavy atom. The molecule has 1 aromatic carbocycles. The minimum absolute atomic E-state index is 0.284. The van der Waals surface area contributed by atoms with E-state index in [1.54, 1.807) is 13.0 Å². The summed E-state index contributed by atoms with van der Waals surface area (Å²) < 4.78 is 13.3. The number of nitrogens with zero attached hydrogens (tertiary/aromatic N) is 1. The molecule has 0 amide bonds. The van der Waals surface area contributed by atoms with Gasteiger partial charge in [-0.05, 0) is 43.4 Å². The molecule has 0 aromatic heterocycles. The maximum atomic E-state index is 13.3. The van der Waals surface area contributed by atoms with Crippen molar-refractivity contribution in [2.75, 3.05) is 18.0 Å². The molecule has 18 heavy (non-hydrogen) atoms. The molecule has 100 valence electrons. The van der Waals surface area contributed by atoms with Gasteiger partial charge in [-0.1, -0.05) is 13.8 Å². The topological polar surface area (TPSA) is 23.5 Å². The molecule has 0 saturated carbocycles. The maximum absolute atomic E-state index is 13.3. The van der Waals surface area contributed by atoms with Crippen LogP contribution in [0.25, 0.3) is 0 Å². The van der Waals surface area contributed by atoms with Crippen molar-refractivity contribution in [1.29, 1.82) is 0 Å². The van der Waals surface area contributed by atoms with Gasteiger partial charge in [0.05, 0.1) is 6.10 Å². The van der Waals surface area contributed by atoms with Gasteiger partial charge in [-0.15, -0.1) is 0 Å². The number of rotatable bonds is 2. The lowest BCUT2D eigenvalue weighted by atomic mass is 9.91. The number of benzene rings is 1. The Kier molecular flexibility index (Phi) is 3.91. The fourth-order valence-electron chi connectivity index (χ4n) is 3.01. The Hall–Kier alpha value is -1.09. The first kappa shape index (κ1) is 13.3. The van der Waals surface area contributed by atoms with Crippen LogP contribution in [0.2, 0.25) is 0 Å². The van der Waals surface area contributed by atoms with Crippen molar-refractivity contribution in [2.45, 2.75) is 33.3 Å². The van der Waals surface area contributed by atoms with E-state index in [-0.39, 0.29) is 5.82 Å². The third kappa shape index (κ3) is 2.83. The molecule has 2 rings (SSSR count). The number of aliphatic hydroxyl groups excluding tert-OH is 1. The molecular weight excluding hydrogens is 229 g/mol. The summed E-state index contributed by atoms with van der Waals surface area (Å²) >= 11 is 0. The van der Waals surface area contributed by atoms with Crippen molar-refractivity contribution in [3.8, 4) is 0 Å². The summed E-state index contributed by atoms with van der Waals surface area (Å²) in [6.07, 6.45) is 0.602. The summed E-state index contributed by atoms with van der Waals surface area (Å²) in [5.41, 5.74) is 1.67. The van der Waals surface area contributed by atoms with E-state index in [1.165, 1.54) is 18.6 Å². The molecule has 2 unspecified atom stereocenters. The van der Waals surface area contributed by atoms with Gasteiger partial charge in [-0.2, -0.15) is 0 Å². The number of hydrogen-bond donors (Lipinski definition) is 1. The molecule has 0 aliphatic carbocycles. The number of aliphatic hydroxyl groups is 1. The minimum Gasteiger partial charge on any atom is -0.389 e. The van der Waals surface area contributed by atoms with E-state index in [1.807, 2.05) is 0 Å². The summed E-state index contributed by atoms with van der Waals surface area (Å²) in [5.74, 6) is 0.995. The van der Waals surface area contributed by atoms with Gasteiger partial charge in [-0.3, -0.25) is 0 Å². The fraction of sp³-hybridized carbons (Fsp3) is 0.600. The highest BCUT2D eigenvalue weighted by Crippen LogP contribution is 2.32. The molecule has 1 aromatic rings. The lowest BCUT2D eigenvalue weighted by Gasteiger charge is -2.38. The Morgan fingerprint density at radius 1 is 1.28 bits per heavy atom. The lowest BCUT2D eigenvalue weighted by Crippen LogP contribution is -2.39. The molecule has 3 atom stereocenters. The molecule has 2 nitrogen and oxygen atoms in total. The molecule has 1 N–H and O–H groups in total. The number of piperidine rings is 1. The van der Waals surface area contributed by atoms with E-state index in [2.05, 4.69) is 18.7 Å². The number of halogens is 1. The third-order valence-corrected chi connectivity index (χ3v) is 3.65. The zero-order chi connectivity index (χ0) is 13.3. The van der Waals surface area contributed by atoms with Crippen LogP contribution in [-0.2, 0) is 0 Å². The van der Waals surface area contributed by atoms with Crippen molar-refractivity contribution >= 4 is 5.69 Å². The molecule has 3 heteroatoms. The molecule has 0 radical (unpaired) electrons. The van der Waals surface area contributed by atoms with Crippen LogP contribution < -0.4 is 4.90 Å². The van der Waals surface area contributed by atoms with Crippen molar-refractivity contribution in [2.24, 2.45) is 11.8 Å². The van der Waals surface area contributed by atoms with E-state index in [0.717, 1.165) is 18.8 Å². The zero-order valence-corrected chi connectivity index (χ0v) is 11.4. The number of anilines is 1. The minimum atomic E-state index is -0.636. The van der Waals surface area contributed by atoms with Crippen LogP contribution in [0.15, 0.2) is 18.2 Å². The van der Waals surface area contributed by atoms with E-state index in [9.17, 15) is 9.50 Å².